The fourth-order valence-electron chi connectivity index (χ4n) is 4.21. The fourth-order valence-corrected chi connectivity index (χ4v) is 4.21. The molecular formula is C25H27NO5. The van der Waals surface area contributed by atoms with E-state index in [0.717, 1.165) is 30.4 Å². The van der Waals surface area contributed by atoms with E-state index in [1.807, 2.05) is 31.2 Å². The molecule has 1 fully saturated rings. The number of rotatable bonds is 6. The summed E-state index contributed by atoms with van der Waals surface area (Å²) in [6.07, 6.45) is 2.78. The van der Waals surface area contributed by atoms with Crippen molar-refractivity contribution in [2.45, 2.75) is 39.2 Å². The minimum atomic E-state index is -0.655. The molecule has 162 valence electrons. The van der Waals surface area contributed by atoms with Crippen LogP contribution in [0.25, 0.3) is 5.76 Å². The van der Waals surface area contributed by atoms with E-state index < -0.39 is 17.7 Å². The molecule has 1 amide bonds. The molecule has 1 saturated heterocycles. The van der Waals surface area contributed by atoms with Gasteiger partial charge in [-0.15, -0.1) is 0 Å². The molecule has 4 rings (SSSR count). The van der Waals surface area contributed by atoms with Crippen molar-refractivity contribution in [2.75, 3.05) is 19.8 Å². The second-order valence-electron chi connectivity index (χ2n) is 7.91. The molecule has 1 atom stereocenters. The number of ether oxygens (including phenoxy) is 2. The van der Waals surface area contributed by atoms with Crippen molar-refractivity contribution in [2.24, 2.45) is 0 Å². The van der Waals surface area contributed by atoms with Crippen molar-refractivity contribution in [3.63, 3.8) is 0 Å². The lowest BCUT2D eigenvalue weighted by molar-refractivity contribution is -0.139. The van der Waals surface area contributed by atoms with Gasteiger partial charge >= 0.3 is 0 Å². The first-order valence-corrected chi connectivity index (χ1v) is 10.8. The Morgan fingerprint density at radius 3 is 2.55 bits per heavy atom. The van der Waals surface area contributed by atoms with E-state index in [1.54, 1.807) is 23.1 Å². The van der Waals surface area contributed by atoms with Gasteiger partial charge in [0.05, 0.1) is 11.6 Å². The number of unbranched alkanes of at least 4 members (excludes halogenated alkanes) is 2. The largest absolute Gasteiger partial charge is 0.507 e. The molecule has 6 heteroatoms. The zero-order chi connectivity index (χ0) is 22.0. The number of ketones is 1. The Morgan fingerprint density at radius 2 is 1.81 bits per heavy atom. The maximum Gasteiger partial charge on any atom is 0.295 e. The number of hydrogen-bond donors (Lipinski definition) is 1. The Kier molecular flexibility index (Phi) is 5.98. The number of aryl methyl sites for hydroxylation is 1. The van der Waals surface area contributed by atoms with Crippen LogP contribution in [0, 0.1) is 6.92 Å². The maximum absolute atomic E-state index is 13.1. The summed E-state index contributed by atoms with van der Waals surface area (Å²) in [6.45, 7) is 5.40. The van der Waals surface area contributed by atoms with Crippen LogP contribution < -0.4 is 9.47 Å². The molecule has 1 N–H and O–H groups in total. The number of fused-ring (bicyclic) bond motifs is 1. The van der Waals surface area contributed by atoms with Gasteiger partial charge in [-0.1, -0.05) is 44.0 Å². The molecule has 0 radical (unpaired) electrons. The van der Waals surface area contributed by atoms with Crippen LogP contribution in [0.15, 0.2) is 48.0 Å². The molecule has 2 aliphatic heterocycles. The third-order valence-corrected chi connectivity index (χ3v) is 5.84. The van der Waals surface area contributed by atoms with Gasteiger partial charge in [-0.2, -0.15) is 0 Å². The van der Waals surface area contributed by atoms with Crippen molar-refractivity contribution < 1.29 is 24.2 Å². The zero-order valence-electron chi connectivity index (χ0n) is 17.9. The highest BCUT2D eigenvalue weighted by molar-refractivity contribution is 6.46. The van der Waals surface area contributed by atoms with E-state index in [4.69, 9.17) is 9.47 Å². The monoisotopic (exact) mass is 421 g/mol. The van der Waals surface area contributed by atoms with E-state index >= 15 is 0 Å². The molecule has 2 heterocycles. The first kappa shape index (κ1) is 21.0. The van der Waals surface area contributed by atoms with Gasteiger partial charge in [-0.3, -0.25) is 9.59 Å². The maximum atomic E-state index is 13.1. The topological polar surface area (TPSA) is 76.1 Å². The molecule has 31 heavy (non-hydrogen) atoms. The third kappa shape index (κ3) is 3.90. The third-order valence-electron chi connectivity index (χ3n) is 5.84. The van der Waals surface area contributed by atoms with Gasteiger partial charge in [0, 0.05) is 12.1 Å². The number of aliphatic hydroxyl groups excluding tert-OH is 1. The Labute approximate surface area is 182 Å². The number of aliphatic hydroxyl groups is 1. The van der Waals surface area contributed by atoms with Crippen LogP contribution in [0.3, 0.4) is 0 Å². The van der Waals surface area contributed by atoms with E-state index in [1.165, 1.54) is 0 Å². The zero-order valence-corrected chi connectivity index (χ0v) is 17.9. The summed E-state index contributed by atoms with van der Waals surface area (Å²) in [6, 6.07) is 12.1. The van der Waals surface area contributed by atoms with Crippen molar-refractivity contribution >= 4 is 17.4 Å². The number of amides is 1. The lowest BCUT2D eigenvalue weighted by Crippen LogP contribution is -2.31. The Bertz CT molecular complexity index is 1040. The summed E-state index contributed by atoms with van der Waals surface area (Å²) in [7, 11) is 0. The molecule has 0 aromatic heterocycles. The Balaban J connectivity index is 1.82. The fraction of sp³-hybridized carbons (Fsp3) is 0.360. The number of carbonyl (C=O) groups excluding carboxylic acids is 2. The van der Waals surface area contributed by atoms with E-state index in [2.05, 4.69) is 6.92 Å². The van der Waals surface area contributed by atoms with Crippen LogP contribution >= 0.6 is 0 Å². The van der Waals surface area contributed by atoms with Crippen molar-refractivity contribution in [1.29, 1.82) is 0 Å². The molecule has 2 aromatic carbocycles. The van der Waals surface area contributed by atoms with Crippen molar-refractivity contribution in [3.8, 4) is 11.5 Å². The van der Waals surface area contributed by atoms with Gasteiger partial charge in [-0.25, -0.2) is 0 Å². The van der Waals surface area contributed by atoms with Gasteiger partial charge in [0.25, 0.3) is 11.7 Å². The van der Waals surface area contributed by atoms with Crippen molar-refractivity contribution in [3.05, 3.63) is 64.7 Å². The molecule has 2 aliphatic rings. The summed E-state index contributed by atoms with van der Waals surface area (Å²) in [5, 5.41) is 11.2. The normalized spacial score (nSPS) is 19.7. The lowest BCUT2D eigenvalue weighted by atomic mass is 9.92. The number of carbonyl (C=O) groups is 2. The van der Waals surface area contributed by atoms with Gasteiger partial charge < -0.3 is 19.5 Å². The molecule has 1 unspecified atom stereocenters. The smallest absolute Gasteiger partial charge is 0.295 e. The number of likely N-dealkylation sites (tertiary alicyclic amines) is 1. The standard InChI is InChI=1S/C25H27NO5/c1-3-4-7-12-26-22(18-9-6-5-8-16(18)2)21(24(28)25(26)29)23(27)17-10-11-19-20(15-17)31-14-13-30-19/h5-6,8-11,15,22,27H,3-4,7,12-14H2,1-2H3/b23-21+. The highest BCUT2D eigenvalue weighted by Crippen LogP contribution is 2.42. The lowest BCUT2D eigenvalue weighted by Gasteiger charge is -2.26. The van der Waals surface area contributed by atoms with Crippen LogP contribution in [-0.4, -0.2) is 41.5 Å². The predicted molar refractivity (Wildman–Crippen MR) is 117 cm³/mol. The van der Waals surface area contributed by atoms with Crippen LogP contribution in [-0.2, 0) is 9.59 Å². The first-order chi connectivity index (χ1) is 15.0. The number of hydrogen-bond acceptors (Lipinski definition) is 5. The van der Waals surface area contributed by atoms with Gasteiger partial charge in [0.15, 0.2) is 11.5 Å². The van der Waals surface area contributed by atoms with E-state index in [0.29, 0.717) is 36.8 Å². The quantitative estimate of drug-likeness (QED) is 0.324. The minimum Gasteiger partial charge on any atom is -0.507 e. The number of benzene rings is 2. The van der Waals surface area contributed by atoms with E-state index in [9.17, 15) is 14.7 Å². The SMILES string of the molecule is CCCCCN1C(=O)C(=O)/C(=C(/O)c2ccc3c(c2)OCCO3)C1c1ccccc1C. The average Bonchev–Trinajstić information content (AvgIpc) is 3.03. The van der Waals surface area contributed by atoms with Gasteiger partial charge in [0.1, 0.15) is 19.0 Å². The second-order valence-corrected chi connectivity index (χ2v) is 7.91. The molecule has 6 nitrogen and oxygen atoms in total. The Morgan fingerprint density at radius 1 is 1.06 bits per heavy atom. The van der Waals surface area contributed by atoms with Crippen LogP contribution in [0.4, 0.5) is 0 Å². The minimum absolute atomic E-state index is 0.118. The summed E-state index contributed by atoms with van der Waals surface area (Å²) >= 11 is 0. The molecule has 0 spiro atoms. The highest BCUT2D eigenvalue weighted by Gasteiger charge is 2.46. The summed E-state index contributed by atoms with van der Waals surface area (Å²) < 4.78 is 11.2. The van der Waals surface area contributed by atoms with Crippen LogP contribution in [0.5, 0.6) is 11.5 Å². The van der Waals surface area contributed by atoms with Crippen LogP contribution in [0.1, 0.15) is 48.9 Å². The molecule has 0 saturated carbocycles. The molecule has 0 aliphatic carbocycles. The number of nitrogens with zero attached hydrogens (tertiary/aromatic N) is 1. The second kappa shape index (κ2) is 8.84. The van der Waals surface area contributed by atoms with Gasteiger partial charge in [-0.05, 0) is 42.7 Å². The molecular weight excluding hydrogens is 394 g/mol. The summed E-state index contributed by atoms with van der Waals surface area (Å²) in [5.41, 5.74) is 2.35. The van der Waals surface area contributed by atoms with Crippen molar-refractivity contribution in [1.82, 2.24) is 4.90 Å². The van der Waals surface area contributed by atoms with E-state index in [-0.39, 0.29) is 11.3 Å². The summed E-state index contributed by atoms with van der Waals surface area (Å²) in [5.74, 6) is -0.305. The van der Waals surface area contributed by atoms with Crippen LogP contribution in [0.2, 0.25) is 0 Å². The summed E-state index contributed by atoms with van der Waals surface area (Å²) in [4.78, 5) is 27.6. The Hall–Kier alpha value is -3.28. The molecule has 0 bridgehead atoms. The van der Waals surface area contributed by atoms with Gasteiger partial charge in [0.2, 0.25) is 0 Å². The average molecular weight is 421 g/mol. The molecule has 2 aromatic rings. The highest BCUT2D eigenvalue weighted by atomic mass is 16.6. The predicted octanol–water partition coefficient (Wildman–Crippen LogP) is 4.38. The first-order valence-electron chi connectivity index (χ1n) is 10.8. The number of Topliss-reactive ketones (excluding diaryl/α,β-unsaturated/α-hetero) is 1.